The van der Waals surface area contributed by atoms with Gasteiger partial charge >= 0.3 is 0 Å². The van der Waals surface area contributed by atoms with E-state index < -0.39 is 0 Å². The van der Waals surface area contributed by atoms with Crippen LogP contribution in [0.5, 0.6) is 0 Å². The van der Waals surface area contributed by atoms with E-state index >= 15 is 0 Å². The molecule has 1 fully saturated rings. The van der Waals surface area contributed by atoms with Gasteiger partial charge < -0.3 is 10.2 Å². The van der Waals surface area contributed by atoms with E-state index in [9.17, 15) is 0 Å². The number of aryl methyl sites for hydroxylation is 2. The van der Waals surface area contributed by atoms with E-state index in [2.05, 4.69) is 51.5 Å². The van der Waals surface area contributed by atoms with Crippen LogP contribution in [0.1, 0.15) is 17.8 Å². The van der Waals surface area contributed by atoms with Crippen molar-refractivity contribution in [2.45, 2.75) is 20.3 Å². The zero-order chi connectivity index (χ0) is 16.5. The number of fused-ring (bicyclic) bond motifs is 1. The van der Waals surface area contributed by atoms with Crippen molar-refractivity contribution in [3.63, 3.8) is 0 Å². The van der Waals surface area contributed by atoms with Gasteiger partial charge in [-0.05, 0) is 38.9 Å². The van der Waals surface area contributed by atoms with E-state index in [4.69, 9.17) is 4.98 Å². The van der Waals surface area contributed by atoms with E-state index in [0.717, 1.165) is 61.0 Å². The lowest BCUT2D eigenvalue weighted by Crippen LogP contribution is -2.29. The Morgan fingerprint density at radius 2 is 1.83 bits per heavy atom. The summed E-state index contributed by atoms with van der Waals surface area (Å²) in [6.07, 6.45) is 3.01. The third-order valence-corrected chi connectivity index (χ3v) is 4.44. The van der Waals surface area contributed by atoms with Gasteiger partial charge in [0.05, 0.1) is 17.3 Å². The lowest BCUT2D eigenvalue weighted by molar-refractivity contribution is 0.724. The van der Waals surface area contributed by atoms with Crippen molar-refractivity contribution >= 4 is 16.9 Å². The second-order valence-electron chi connectivity index (χ2n) is 6.31. The van der Waals surface area contributed by atoms with Crippen LogP contribution in [0.2, 0.25) is 0 Å². The van der Waals surface area contributed by atoms with Gasteiger partial charge in [-0.2, -0.15) is 5.10 Å². The van der Waals surface area contributed by atoms with E-state index in [1.54, 1.807) is 0 Å². The molecular weight excluding hydrogens is 300 g/mol. The van der Waals surface area contributed by atoms with Gasteiger partial charge in [-0.15, -0.1) is 0 Å². The Hall–Kier alpha value is -2.47. The smallest absolute Gasteiger partial charge is 0.168 e. The highest BCUT2D eigenvalue weighted by molar-refractivity contribution is 5.88. The monoisotopic (exact) mass is 322 g/mol. The Morgan fingerprint density at radius 1 is 1.00 bits per heavy atom. The maximum absolute atomic E-state index is 4.72. The highest BCUT2D eigenvalue weighted by Crippen LogP contribution is 2.26. The zero-order valence-electron chi connectivity index (χ0n) is 14.2. The molecule has 0 radical (unpaired) electrons. The van der Waals surface area contributed by atoms with Crippen LogP contribution in [0, 0.1) is 13.8 Å². The van der Waals surface area contributed by atoms with E-state index in [-0.39, 0.29) is 0 Å². The number of aromatic nitrogens is 4. The fourth-order valence-corrected chi connectivity index (χ4v) is 3.17. The molecule has 0 amide bonds. The molecule has 6 nitrogen and oxygen atoms in total. The van der Waals surface area contributed by atoms with Crippen LogP contribution in [0.15, 0.2) is 30.5 Å². The minimum Gasteiger partial charge on any atom is -0.355 e. The molecule has 0 aliphatic carbocycles. The summed E-state index contributed by atoms with van der Waals surface area (Å²) in [6.45, 7) is 8.05. The van der Waals surface area contributed by atoms with Gasteiger partial charge in [-0.25, -0.2) is 14.6 Å². The molecule has 6 heteroatoms. The number of nitrogens with zero attached hydrogens (tertiary/aromatic N) is 5. The summed E-state index contributed by atoms with van der Waals surface area (Å²) in [4.78, 5) is 11.7. The molecule has 1 aliphatic rings. The summed E-state index contributed by atoms with van der Waals surface area (Å²) in [6, 6.07) is 8.35. The van der Waals surface area contributed by atoms with Gasteiger partial charge in [0.1, 0.15) is 11.6 Å². The van der Waals surface area contributed by atoms with Crippen molar-refractivity contribution in [1.82, 2.24) is 25.1 Å². The first kappa shape index (κ1) is 15.1. The Kier molecular flexibility index (Phi) is 3.90. The van der Waals surface area contributed by atoms with Crippen LogP contribution in [0.25, 0.3) is 16.7 Å². The summed E-state index contributed by atoms with van der Waals surface area (Å²) in [5, 5.41) is 9.04. The first-order valence-electron chi connectivity index (χ1n) is 8.47. The van der Waals surface area contributed by atoms with Gasteiger partial charge in [0, 0.05) is 19.6 Å². The Labute approximate surface area is 141 Å². The second-order valence-corrected chi connectivity index (χ2v) is 6.31. The normalized spacial score (nSPS) is 15.7. The second kappa shape index (κ2) is 6.20. The van der Waals surface area contributed by atoms with Gasteiger partial charge in [-0.1, -0.05) is 17.7 Å². The van der Waals surface area contributed by atoms with Crippen LogP contribution < -0.4 is 10.2 Å². The lowest BCUT2D eigenvalue weighted by atomic mass is 10.2. The average molecular weight is 322 g/mol. The summed E-state index contributed by atoms with van der Waals surface area (Å²) < 4.78 is 1.91. The Bertz CT molecular complexity index is 844. The number of hydrogen-bond donors (Lipinski definition) is 1. The molecule has 1 saturated heterocycles. The quantitative estimate of drug-likeness (QED) is 0.784. The molecule has 124 valence electrons. The minimum absolute atomic E-state index is 0.781. The van der Waals surface area contributed by atoms with Crippen molar-refractivity contribution in [1.29, 1.82) is 0 Å². The van der Waals surface area contributed by atoms with Crippen LogP contribution in [-0.2, 0) is 0 Å². The SMILES string of the molecule is Cc1ccc(-n2ncc3c(N4CCCNCC4)nc(C)nc32)cc1. The molecule has 0 unspecified atom stereocenters. The first-order chi connectivity index (χ1) is 11.7. The zero-order valence-corrected chi connectivity index (χ0v) is 14.2. The molecule has 2 aromatic heterocycles. The first-order valence-corrected chi connectivity index (χ1v) is 8.47. The fraction of sp³-hybridized carbons (Fsp3) is 0.389. The van der Waals surface area contributed by atoms with E-state index in [1.165, 1.54) is 5.56 Å². The van der Waals surface area contributed by atoms with Gasteiger partial charge in [0.25, 0.3) is 0 Å². The largest absolute Gasteiger partial charge is 0.355 e. The van der Waals surface area contributed by atoms with Gasteiger partial charge in [-0.3, -0.25) is 0 Å². The van der Waals surface area contributed by atoms with Crippen LogP contribution in [0.4, 0.5) is 5.82 Å². The molecule has 3 aromatic rings. The summed E-state index contributed by atoms with van der Waals surface area (Å²) in [5.41, 5.74) is 3.13. The van der Waals surface area contributed by atoms with Crippen LogP contribution >= 0.6 is 0 Å². The van der Waals surface area contributed by atoms with E-state index in [1.807, 2.05) is 17.8 Å². The summed E-state index contributed by atoms with van der Waals surface area (Å²) in [5.74, 6) is 1.78. The molecule has 3 heterocycles. The predicted molar refractivity (Wildman–Crippen MR) is 95.8 cm³/mol. The molecule has 1 aromatic carbocycles. The summed E-state index contributed by atoms with van der Waals surface area (Å²) >= 11 is 0. The Balaban J connectivity index is 1.83. The lowest BCUT2D eigenvalue weighted by Gasteiger charge is -2.21. The third-order valence-electron chi connectivity index (χ3n) is 4.44. The van der Waals surface area contributed by atoms with Crippen molar-refractivity contribution in [2.75, 3.05) is 31.1 Å². The van der Waals surface area contributed by atoms with E-state index in [0.29, 0.717) is 0 Å². The van der Waals surface area contributed by atoms with Crippen molar-refractivity contribution < 1.29 is 0 Å². The predicted octanol–water partition coefficient (Wildman–Crippen LogP) is 2.23. The maximum atomic E-state index is 4.72. The van der Waals surface area contributed by atoms with Gasteiger partial charge in [0.2, 0.25) is 0 Å². The van der Waals surface area contributed by atoms with Crippen LogP contribution in [0.3, 0.4) is 0 Å². The molecule has 0 atom stereocenters. The molecule has 1 aliphatic heterocycles. The molecule has 4 rings (SSSR count). The van der Waals surface area contributed by atoms with Crippen molar-refractivity contribution in [2.24, 2.45) is 0 Å². The number of rotatable bonds is 2. The standard InChI is InChI=1S/C18H22N6/c1-13-4-6-15(7-5-13)24-18-16(12-20-24)17(21-14(2)22-18)23-10-3-8-19-9-11-23/h4-7,12,19H,3,8-11H2,1-2H3. The molecule has 24 heavy (non-hydrogen) atoms. The molecule has 0 spiro atoms. The minimum atomic E-state index is 0.781. The van der Waals surface area contributed by atoms with Crippen molar-refractivity contribution in [3.8, 4) is 5.69 Å². The number of nitrogens with one attached hydrogen (secondary N) is 1. The fourth-order valence-electron chi connectivity index (χ4n) is 3.17. The molecule has 0 saturated carbocycles. The Morgan fingerprint density at radius 3 is 2.67 bits per heavy atom. The summed E-state index contributed by atoms with van der Waals surface area (Å²) in [7, 11) is 0. The van der Waals surface area contributed by atoms with Crippen molar-refractivity contribution in [3.05, 3.63) is 41.9 Å². The number of benzene rings is 1. The highest BCUT2D eigenvalue weighted by atomic mass is 15.3. The number of hydrogen-bond acceptors (Lipinski definition) is 5. The molecule has 0 bridgehead atoms. The maximum Gasteiger partial charge on any atom is 0.168 e. The van der Waals surface area contributed by atoms with Gasteiger partial charge in [0.15, 0.2) is 5.65 Å². The third kappa shape index (κ3) is 2.73. The highest BCUT2D eigenvalue weighted by Gasteiger charge is 2.18. The molecular formula is C18H22N6. The average Bonchev–Trinajstić information content (AvgIpc) is 2.81. The van der Waals surface area contributed by atoms with Crippen LogP contribution in [-0.4, -0.2) is 45.9 Å². The number of anilines is 1. The topological polar surface area (TPSA) is 58.9 Å². The molecule has 1 N–H and O–H groups in total.